The molecule has 0 aliphatic rings. The van der Waals surface area contributed by atoms with Crippen LogP contribution in [0.25, 0.3) is 0 Å². The van der Waals surface area contributed by atoms with Crippen LogP contribution < -0.4 is 5.32 Å². The van der Waals surface area contributed by atoms with Crippen molar-refractivity contribution in [3.8, 4) is 0 Å². The van der Waals surface area contributed by atoms with Crippen molar-refractivity contribution in [3.63, 3.8) is 0 Å². The molecule has 0 aliphatic carbocycles. The van der Waals surface area contributed by atoms with Gasteiger partial charge >= 0.3 is 0 Å². The molecule has 0 saturated heterocycles. The van der Waals surface area contributed by atoms with Crippen LogP contribution in [0, 0.1) is 21.7 Å². The van der Waals surface area contributed by atoms with Crippen LogP contribution in [0.15, 0.2) is 12.1 Å². The molecule has 19 heavy (non-hydrogen) atoms. The molecule has 0 aliphatic heterocycles. The number of hydrogen-bond donors (Lipinski definition) is 1. The molecule has 1 unspecified atom stereocenters. The molecule has 1 aromatic rings. The Hall–Kier alpha value is -1.76. The zero-order valence-corrected chi connectivity index (χ0v) is 10.8. The minimum Gasteiger partial charge on any atom is -0.383 e. The van der Waals surface area contributed by atoms with E-state index in [0.717, 1.165) is 18.6 Å². The predicted molar refractivity (Wildman–Crippen MR) is 67.2 cm³/mol. The van der Waals surface area contributed by atoms with Crippen LogP contribution in [-0.2, 0) is 4.74 Å². The Morgan fingerprint density at radius 3 is 2.68 bits per heavy atom. The second-order valence-corrected chi connectivity index (χ2v) is 4.10. The van der Waals surface area contributed by atoms with Crippen molar-refractivity contribution in [1.29, 1.82) is 0 Å². The highest BCUT2D eigenvalue weighted by molar-refractivity contribution is 5.63. The lowest BCUT2D eigenvalue weighted by Crippen LogP contribution is -2.26. The first-order chi connectivity index (χ1) is 9.01. The molecule has 0 radical (unpaired) electrons. The van der Waals surface area contributed by atoms with E-state index in [0.29, 0.717) is 6.42 Å². The van der Waals surface area contributed by atoms with E-state index >= 15 is 0 Å². The summed E-state index contributed by atoms with van der Waals surface area (Å²) in [6.45, 7) is 2.17. The van der Waals surface area contributed by atoms with Gasteiger partial charge in [-0.25, -0.2) is 8.78 Å². The van der Waals surface area contributed by atoms with E-state index in [9.17, 15) is 18.9 Å². The van der Waals surface area contributed by atoms with Crippen molar-refractivity contribution in [2.24, 2.45) is 0 Å². The third-order valence-electron chi connectivity index (χ3n) is 2.62. The molecule has 106 valence electrons. The van der Waals surface area contributed by atoms with Crippen molar-refractivity contribution in [3.05, 3.63) is 33.9 Å². The van der Waals surface area contributed by atoms with E-state index in [1.54, 1.807) is 0 Å². The fraction of sp³-hybridized carbons (Fsp3) is 0.500. The van der Waals surface area contributed by atoms with Crippen LogP contribution in [0.5, 0.6) is 0 Å². The molecular weight excluding hydrogens is 258 g/mol. The molecule has 0 bridgehead atoms. The third kappa shape index (κ3) is 3.85. The van der Waals surface area contributed by atoms with Gasteiger partial charge < -0.3 is 10.1 Å². The fourth-order valence-electron chi connectivity index (χ4n) is 1.78. The Morgan fingerprint density at radius 1 is 1.47 bits per heavy atom. The number of rotatable bonds is 7. The highest BCUT2D eigenvalue weighted by atomic mass is 19.2. The Bertz CT molecular complexity index is 449. The summed E-state index contributed by atoms with van der Waals surface area (Å²) < 4.78 is 31.8. The summed E-state index contributed by atoms with van der Waals surface area (Å²) in [6, 6.07) is 1.37. The number of nitro groups is 1. The average molecular weight is 274 g/mol. The summed E-state index contributed by atoms with van der Waals surface area (Å²) in [7, 11) is 1.47. The first-order valence-electron chi connectivity index (χ1n) is 5.89. The molecule has 1 atom stereocenters. The maximum atomic E-state index is 13.7. The lowest BCUT2D eigenvalue weighted by Gasteiger charge is -2.18. The number of benzene rings is 1. The van der Waals surface area contributed by atoms with Crippen molar-refractivity contribution in [2.45, 2.75) is 25.8 Å². The smallest absolute Gasteiger partial charge is 0.295 e. The molecule has 7 heteroatoms. The molecular formula is C12H16F2N2O3. The van der Waals surface area contributed by atoms with Crippen LogP contribution >= 0.6 is 0 Å². The van der Waals surface area contributed by atoms with Crippen molar-refractivity contribution < 1.29 is 18.4 Å². The largest absolute Gasteiger partial charge is 0.383 e. The summed E-state index contributed by atoms with van der Waals surface area (Å²) in [5.74, 6) is -2.37. The summed E-state index contributed by atoms with van der Waals surface area (Å²) >= 11 is 0. The van der Waals surface area contributed by atoms with Gasteiger partial charge in [-0.2, -0.15) is 0 Å². The lowest BCUT2D eigenvalue weighted by molar-refractivity contribution is -0.384. The molecule has 0 heterocycles. The van der Waals surface area contributed by atoms with Crippen LogP contribution in [0.4, 0.5) is 20.2 Å². The maximum absolute atomic E-state index is 13.7. The van der Waals surface area contributed by atoms with Gasteiger partial charge in [0.25, 0.3) is 5.69 Å². The Morgan fingerprint density at radius 2 is 2.16 bits per heavy atom. The minimum atomic E-state index is -1.24. The van der Waals surface area contributed by atoms with Gasteiger partial charge in [0.05, 0.1) is 11.5 Å². The molecule has 5 nitrogen and oxygen atoms in total. The van der Waals surface area contributed by atoms with Gasteiger partial charge in [-0.3, -0.25) is 10.1 Å². The summed E-state index contributed by atoms with van der Waals surface area (Å²) in [4.78, 5) is 10.1. The molecule has 0 aromatic heterocycles. The van der Waals surface area contributed by atoms with Gasteiger partial charge in [0.15, 0.2) is 17.3 Å². The maximum Gasteiger partial charge on any atom is 0.295 e. The van der Waals surface area contributed by atoms with Crippen LogP contribution in [-0.4, -0.2) is 24.7 Å². The van der Waals surface area contributed by atoms with Crippen LogP contribution in [0.3, 0.4) is 0 Å². The number of nitrogens with zero attached hydrogens (tertiary/aromatic N) is 1. The average Bonchev–Trinajstić information content (AvgIpc) is 2.35. The van der Waals surface area contributed by atoms with Crippen molar-refractivity contribution in [2.75, 3.05) is 19.0 Å². The molecule has 1 aromatic carbocycles. The number of nitro benzene ring substituents is 1. The van der Waals surface area contributed by atoms with E-state index in [1.807, 2.05) is 6.92 Å². The first-order valence-corrected chi connectivity index (χ1v) is 5.89. The molecule has 0 saturated carbocycles. The van der Waals surface area contributed by atoms with E-state index in [1.165, 1.54) is 7.11 Å². The second-order valence-electron chi connectivity index (χ2n) is 4.10. The van der Waals surface area contributed by atoms with Crippen molar-refractivity contribution >= 4 is 11.4 Å². The quantitative estimate of drug-likeness (QED) is 0.613. The monoisotopic (exact) mass is 274 g/mol. The number of ether oxygens (including phenoxy) is 1. The highest BCUT2D eigenvalue weighted by Gasteiger charge is 2.23. The summed E-state index contributed by atoms with van der Waals surface area (Å²) in [5.41, 5.74) is -0.920. The molecule has 0 spiro atoms. The topological polar surface area (TPSA) is 64.4 Å². The Labute approximate surface area is 109 Å². The fourth-order valence-corrected chi connectivity index (χ4v) is 1.78. The van der Waals surface area contributed by atoms with Crippen LogP contribution in [0.2, 0.25) is 0 Å². The highest BCUT2D eigenvalue weighted by Crippen LogP contribution is 2.30. The van der Waals surface area contributed by atoms with Gasteiger partial charge in [0, 0.05) is 19.2 Å². The number of anilines is 1. The van der Waals surface area contributed by atoms with E-state index in [4.69, 9.17) is 4.74 Å². The van der Waals surface area contributed by atoms with Gasteiger partial charge in [0.1, 0.15) is 0 Å². The summed E-state index contributed by atoms with van der Waals surface area (Å²) in [5, 5.41) is 13.5. The Kier molecular flexibility index (Phi) is 5.62. The normalized spacial score (nSPS) is 12.2. The van der Waals surface area contributed by atoms with Gasteiger partial charge in [0.2, 0.25) is 0 Å². The lowest BCUT2D eigenvalue weighted by atomic mass is 10.1. The van der Waals surface area contributed by atoms with E-state index in [-0.39, 0.29) is 12.6 Å². The summed E-state index contributed by atoms with van der Waals surface area (Å²) in [6.07, 6.45) is 1.41. The minimum absolute atomic E-state index is 0.251. The van der Waals surface area contributed by atoms with Gasteiger partial charge in [-0.15, -0.1) is 0 Å². The Balaban J connectivity index is 3.09. The van der Waals surface area contributed by atoms with Gasteiger partial charge in [-0.05, 0) is 12.5 Å². The third-order valence-corrected chi connectivity index (χ3v) is 2.62. The SMILES string of the molecule is CCCC(COC)Nc1c([N+](=O)[O-])ccc(F)c1F. The van der Waals surface area contributed by atoms with E-state index in [2.05, 4.69) is 5.32 Å². The first kappa shape index (κ1) is 15.3. The standard InChI is InChI=1S/C12H16F2N2O3/c1-3-4-8(7-19-2)15-12-10(16(17)18)6-5-9(13)11(12)14/h5-6,8,15H,3-4,7H2,1-2H3. The van der Waals surface area contributed by atoms with Gasteiger partial charge in [-0.1, -0.05) is 13.3 Å². The number of hydrogen-bond acceptors (Lipinski definition) is 4. The second kappa shape index (κ2) is 6.98. The number of nitrogens with one attached hydrogen (secondary N) is 1. The zero-order chi connectivity index (χ0) is 14.4. The number of halogens is 2. The number of methoxy groups -OCH3 is 1. The molecule has 0 fully saturated rings. The molecule has 1 N–H and O–H groups in total. The predicted octanol–water partition coefficient (Wildman–Crippen LogP) is 3.10. The van der Waals surface area contributed by atoms with Crippen molar-refractivity contribution in [1.82, 2.24) is 0 Å². The molecule has 1 rings (SSSR count). The zero-order valence-electron chi connectivity index (χ0n) is 10.8. The van der Waals surface area contributed by atoms with E-state index < -0.39 is 27.9 Å². The molecule has 0 amide bonds. The van der Waals surface area contributed by atoms with Crippen LogP contribution in [0.1, 0.15) is 19.8 Å².